The average Bonchev–Trinajstić information content (AvgIpc) is 2.80. The molecule has 2 unspecified atom stereocenters. The number of phenolic OH excluding ortho intramolecular Hbond substituents is 1. The largest absolute Gasteiger partial charge is 0.507 e. The number of phenols is 1. The minimum absolute atomic E-state index is 0.321. The summed E-state index contributed by atoms with van der Waals surface area (Å²) in [6.07, 6.45) is 1.74. The number of hydrogen-bond donors (Lipinski definition) is 2. The molecule has 5 heteroatoms. The van der Waals surface area contributed by atoms with Crippen LogP contribution in [0.2, 0.25) is 0 Å². The summed E-state index contributed by atoms with van der Waals surface area (Å²) >= 11 is 0. The Morgan fingerprint density at radius 3 is 2.42 bits per heavy atom. The Bertz CT molecular complexity index is 1260. The van der Waals surface area contributed by atoms with Crippen LogP contribution in [-0.2, 0) is 16.6 Å². The molecule has 0 saturated carbocycles. The van der Waals surface area contributed by atoms with E-state index < -0.39 is 17.0 Å². The van der Waals surface area contributed by atoms with Crippen LogP contribution >= 0.6 is 0 Å². The van der Waals surface area contributed by atoms with E-state index in [2.05, 4.69) is 0 Å². The first-order valence-corrected chi connectivity index (χ1v) is 11.3. The molecule has 174 valence electrons. The molecular weight excluding hydrogens is 416 g/mol. The summed E-state index contributed by atoms with van der Waals surface area (Å²) < 4.78 is 11.9. The Labute approximate surface area is 195 Å². The van der Waals surface area contributed by atoms with Crippen LogP contribution in [0.3, 0.4) is 0 Å². The fourth-order valence-electron chi connectivity index (χ4n) is 5.16. The zero-order valence-electron chi connectivity index (χ0n) is 20.2. The van der Waals surface area contributed by atoms with Gasteiger partial charge in [-0.25, -0.2) is 0 Å². The van der Waals surface area contributed by atoms with Crippen LogP contribution in [0.25, 0.3) is 10.8 Å². The molecule has 0 spiro atoms. The van der Waals surface area contributed by atoms with Crippen LogP contribution in [-0.4, -0.2) is 28.9 Å². The van der Waals surface area contributed by atoms with Crippen molar-refractivity contribution in [2.45, 2.75) is 64.9 Å². The predicted octanol–water partition coefficient (Wildman–Crippen LogP) is 6.00. The van der Waals surface area contributed by atoms with E-state index in [4.69, 9.17) is 9.47 Å². The standard InChI is InChI=1S/C28H32O5/c1-16-17(2)25-23(18(3)24(16)29)11-12-27(4,33-25)15-28(5,26(30)31)21-9-7-20-14-22(32-6)10-8-19(20)13-21/h7-10,13-14,29H,11-12,15H2,1-6H3,(H,30,31). The Morgan fingerprint density at radius 1 is 1.09 bits per heavy atom. The lowest BCUT2D eigenvalue weighted by Crippen LogP contribution is -2.46. The normalized spacial score (nSPS) is 19.5. The molecule has 3 aromatic rings. The van der Waals surface area contributed by atoms with E-state index in [0.29, 0.717) is 18.6 Å². The van der Waals surface area contributed by atoms with Crippen molar-refractivity contribution in [1.82, 2.24) is 0 Å². The molecule has 0 amide bonds. The van der Waals surface area contributed by atoms with Gasteiger partial charge in [-0.1, -0.05) is 24.3 Å². The fraction of sp³-hybridized carbons (Fsp3) is 0.393. The van der Waals surface area contributed by atoms with Crippen LogP contribution in [0.4, 0.5) is 0 Å². The highest BCUT2D eigenvalue weighted by atomic mass is 16.5. The maximum Gasteiger partial charge on any atom is 0.313 e. The quantitative estimate of drug-likeness (QED) is 0.501. The van der Waals surface area contributed by atoms with Gasteiger partial charge < -0.3 is 19.7 Å². The van der Waals surface area contributed by atoms with Gasteiger partial charge >= 0.3 is 5.97 Å². The number of carboxylic acid groups (broad SMARTS) is 1. The van der Waals surface area contributed by atoms with Gasteiger partial charge in [-0.3, -0.25) is 4.79 Å². The second-order valence-corrected chi connectivity index (χ2v) is 9.83. The molecule has 0 radical (unpaired) electrons. The Morgan fingerprint density at radius 2 is 1.76 bits per heavy atom. The van der Waals surface area contributed by atoms with Crippen molar-refractivity contribution in [1.29, 1.82) is 0 Å². The van der Waals surface area contributed by atoms with Crippen molar-refractivity contribution < 1.29 is 24.5 Å². The van der Waals surface area contributed by atoms with E-state index in [1.165, 1.54) is 0 Å². The number of fused-ring (bicyclic) bond motifs is 2. The van der Waals surface area contributed by atoms with Crippen molar-refractivity contribution in [2.24, 2.45) is 0 Å². The molecule has 2 N–H and O–H groups in total. The fourth-order valence-corrected chi connectivity index (χ4v) is 5.16. The topological polar surface area (TPSA) is 76.0 Å². The number of carbonyl (C=O) groups is 1. The first kappa shape index (κ1) is 23.0. The Balaban J connectivity index is 1.73. The summed E-state index contributed by atoms with van der Waals surface area (Å²) in [6, 6.07) is 11.6. The van der Waals surface area contributed by atoms with Crippen LogP contribution in [0.5, 0.6) is 17.2 Å². The highest BCUT2D eigenvalue weighted by molar-refractivity contribution is 5.88. The molecule has 3 aromatic carbocycles. The lowest BCUT2D eigenvalue weighted by Gasteiger charge is -2.42. The molecule has 1 aliphatic heterocycles. The Hall–Kier alpha value is -3.21. The molecule has 33 heavy (non-hydrogen) atoms. The molecule has 0 aliphatic carbocycles. The highest BCUT2D eigenvalue weighted by Crippen LogP contribution is 2.47. The molecule has 0 aromatic heterocycles. The first-order chi connectivity index (χ1) is 15.5. The number of ether oxygens (including phenoxy) is 2. The molecule has 4 rings (SSSR count). The van der Waals surface area contributed by atoms with Gasteiger partial charge in [0.2, 0.25) is 0 Å². The van der Waals surface area contributed by atoms with Gasteiger partial charge in [-0.05, 0) is 92.6 Å². The van der Waals surface area contributed by atoms with E-state index in [9.17, 15) is 15.0 Å². The van der Waals surface area contributed by atoms with Crippen LogP contribution in [0.1, 0.15) is 54.5 Å². The minimum Gasteiger partial charge on any atom is -0.507 e. The van der Waals surface area contributed by atoms with Crippen molar-refractivity contribution in [3.8, 4) is 17.2 Å². The summed E-state index contributed by atoms with van der Waals surface area (Å²) in [4.78, 5) is 12.6. The maximum absolute atomic E-state index is 12.6. The lowest BCUT2D eigenvalue weighted by molar-refractivity contribution is -0.145. The number of aliphatic carboxylic acids is 1. The molecule has 0 fully saturated rings. The summed E-state index contributed by atoms with van der Waals surface area (Å²) in [5.41, 5.74) is 2.55. The zero-order chi connectivity index (χ0) is 24.1. The predicted molar refractivity (Wildman–Crippen MR) is 130 cm³/mol. The van der Waals surface area contributed by atoms with Crippen molar-refractivity contribution >= 4 is 16.7 Å². The molecule has 2 atom stereocenters. The zero-order valence-corrected chi connectivity index (χ0v) is 20.2. The smallest absolute Gasteiger partial charge is 0.313 e. The second-order valence-electron chi connectivity index (χ2n) is 9.83. The molecule has 1 aliphatic rings. The number of aromatic hydroxyl groups is 1. The molecule has 0 bridgehead atoms. The van der Waals surface area contributed by atoms with E-state index in [1.54, 1.807) is 14.0 Å². The minimum atomic E-state index is -1.13. The molecule has 0 saturated heterocycles. The summed E-state index contributed by atoms with van der Waals surface area (Å²) in [5, 5.41) is 22.8. The van der Waals surface area contributed by atoms with E-state index in [0.717, 1.165) is 56.5 Å². The van der Waals surface area contributed by atoms with Crippen LogP contribution in [0.15, 0.2) is 36.4 Å². The number of rotatable bonds is 5. The number of carboxylic acids is 1. The lowest BCUT2D eigenvalue weighted by atomic mass is 9.71. The third-order valence-electron chi connectivity index (χ3n) is 7.48. The summed E-state index contributed by atoms with van der Waals surface area (Å²) in [7, 11) is 1.63. The molecule has 1 heterocycles. The van der Waals surface area contributed by atoms with Gasteiger partial charge in [0.05, 0.1) is 12.5 Å². The van der Waals surface area contributed by atoms with Crippen LogP contribution in [0, 0.1) is 20.8 Å². The average molecular weight is 449 g/mol. The van der Waals surface area contributed by atoms with Gasteiger partial charge in [-0.15, -0.1) is 0 Å². The summed E-state index contributed by atoms with van der Waals surface area (Å²) in [6.45, 7) is 9.54. The van der Waals surface area contributed by atoms with Gasteiger partial charge in [0, 0.05) is 12.0 Å². The van der Waals surface area contributed by atoms with E-state index in [1.807, 2.05) is 64.1 Å². The second kappa shape index (κ2) is 7.98. The van der Waals surface area contributed by atoms with Gasteiger partial charge in [0.25, 0.3) is 0 Å². The third kappa shape index (κ3) is 3.79. The van der Waals surface area contributed by atoms with Crippen molar-refractivity contribution in [3.05, 3.63) is 64.2 Å². The van der Waals surface area contributed by atoms with Crippen LogP contribution < -0.4 is 9.47 Å². The first-order valence-electron chi connectivity index (χ1n) is 11.3. The molecule has 5 nitrogen and oxygen atoms in total. The van der Waals surface area contributed by atoms with Gasteiger partial charge in [0.15, 0.2) is 0 Å². The monoisotopic (exact) mass is 448 g/mol. The van der Waals surface area contributed by atoms with Gasteiger partial charge in [-0.2, -0.15) is 0 Å². The van der Waals surface area contributed by atoms with E-state index >= 15 is 0 Å². The van der Waals surface area contributed by atoms with Crippen molar-refractivity contribution in [2.75, 3.05) is 7.11 Å². The van der Waals surface area contributed by atoms with Gasteiger partial charge in [0.1, 0.15) is 22.8 Å². The number of hydrogen-bond acceptors (Lipinski definition) is 4. The highest BCUT2D eigenvalue weighted by Gasteiger charge is 2.45. The summed E-state index contributed by atoms with van der Waals surface area (Å²) in [5.74, 6) is 1.00. The third-order valence-corrected chi connectivity index (χ3v) is 7.48. The Kier molecular flexibility index (Phi) is 5.55. The molecular formula is C28H32O5. The van der Waals surface area contributed by atoms with Crippen molar-refractivity contribution in [3.63, 3.8) is 0 Å². The SMILES string of the molecule is COc1ccc2cc(C(C)(CC3(C)CCc4c(C)c(O)c(C)c(C)c4O3)C(=O)O)ccc2c1. The number of methoxy groups -OCH3 is 1. The number of benzene rings is 3. The maximum atomic E-state index is 12.6. The van der Waals surface area contributed by atoms with E-state index in [-0.39, 0.29) is 0 Å².